The maximum absolute atomic E-state index is 3.87. The summed E-state index contributed by atoms with van der Waals surface area (Å²) in [6.07, 6.45) is 20.0. The first kappa shape index (κ1) is 13.2. The van der Waals surface area contributed by atoms with Gasteiger partial charge in [-0.15, -0.1) is 6.58 Å². The first-order valence-corrected chi connectivity index (χ1v) is 7.99. The molecule has 0 nitrogen and oxygen atoms in total. The number of rotatable bonds is 5. The molecule has 0 aromatic carbocycles. The molecule has 0 radical (unpaired) electrons. The largest absolute Gasteiger partial charge is 0.103 e. The monoisotopic (exact) mass is 234 g/mol. The Balaban J connectivity index is 1.59. The molecule has 2 fully saturated rings. The quantitative estimate of drug-likeness (QED) is 0.533. The third-order valence-corrected chi connectivity index (χ3v) is 5.17. The summed E-state index contributed by atoms with van der Waals surface area (Å²) in [5.74, 6) is 3.13. The molecule has 0 spiro atoms. The highest BCUT2D eigenvalue weighted by molar-refractivity contribution is 4.79. The van der Waals surface area contributed by atoms with Crippen molar-refractivity contribution in [3.8, 4) is 0 Å². The van der Waals surface area contributed by atoms with E-state index in [4.69, 9.17) is 0 Å². The number of hydrogen-bond acceptors (Lipinski definition) is 0. The highest BCUT2D eigenvalue weighted by atomic mass is 14.3. The summed E-state index contributed by atoms with van der Waals surface area (Å²) >= 11 is 0. The molecule has 0 aromatic rings. The Labute approximate surface area is 108 Å². The van der Waals surface area contributed by atoms with Crippen molar-refractivity contribution < 1.29 is 0 Å². The fourth-order valence-electron chi connectivity index (χ4n) is 3.94. The Morgan fingerprint density at radius 1 is 0.706 bits per heavy atom. The van der Waals surface area contributed by atoms with Gasteiger partial charge >= 0.3 is 0 Å². The predicted molar refractivity (Wildman–Crippen MR) is 76.1 cm³/mol. The molecule has 0 aliphatic heterocycles. The van der Waals surface area contributed by atoms with Crippen molar-refractivity contribution in [1.29, 1.82) is 0 Å². The molecule has 2 saturated carbocycles. The van der Waals surface area contributed by atoms with E-state index in [1.165, 1.54) is 77.0 Å². The van der Waals surface area contributed by atoms with Crippen molar-refractivity contribution in [1.82, 2.24) is 0 Å². The fraction of sp³-hybridized carbons (Fsp3) is 0.882. The normalized spacial score (nSPS) is 31.3. The second kappa shape index (κ2) is 7.24. The maximum atomic E-state index is 3.87. The Kier molecular flexibility index (Phi) is 5.61. The standard InChI is InChI=1S/C17H30/c1-2-6-15-9-12-17(13-10-15)14-11-16-7-4-3-5-8-16/h2,15-17H,1,3-14H2. The molecule has 0 amide bonds. The van der Waals surface area contributed by atoms with Crippen LogP contribution in [-0.4, -0.2) is 0 Å². The molecule has 2 aliphatic carbocycles. The minimum absolute atomic E-state index is 0.971. The van der Waals surface area contributed by atoms with Gasteiger partial charge in [0.1, 0.15) is 0 Å². The molecule has 0 unspecified atom stereocenters. The molecule has 2 aliphatic rings. The molecule has 0 heteroatoms. The molecular formula is C17H30. The minimum atomic E-state index is 0.971. The molecule has 17 heavy (non-hydrogen) atoms. The zero-order valence-corrected chi connectivity index (χ0v) is 11.5. The average molecular weight is 234 g/mol. The van der Waals surface area contributed by atoms with Crippen LogP contribution in [0.1, 0.15) is 77.0 Å². The fourth-order valence-corrected chi connectivity index (χ4v) is 3.94. The zero-order valence-electron chi connectivity index (χ0n) is 11.5. The second-order valence-electron chi connectivity index (χ2n) is 6.49. The smallest absolute Gasteiger partial charge is 0.0325 e. The van der Waals surface area contributed by atoms with Gasteiger partial charge in [-0.1, -0.05) is 63.9 Å². The first-order chi connectivity index (χ1) is 8.38. The predicted octanol–water partition coefficient (Wildman–Crippen LogP) is 5.73. The van der Waals surface area contributed by atoms with Crippen LogP contribution in [0.4, 0.5) is 0 Å². The van der Waals surface area contributed by atoms with E-state index in [1.54, 1.807) is 0 Å². The van der Waals surface area contributed by atoms with Gasteiger partial charge in [-0.3, -0.25) is 0 Å². The van der Waals surface area contributed by atoms with Crippen LogP contribution in [0, 0.1) is 17.8 Å². The van der Waals surface area contributed by atoms with E-state index in [0.29, 0.717) is 0 Å². The van der Waals surface area contributed by atoms with Gasteiger partial charge in [0, 0.05) is 0 Å². The summed E-state index contributed by atoms with van der Waals surface area (Å²) in [6.45, 7) is 3.87. The molecule has 0 heterocycles. The van der Waals surface area contributed by atoms with Crippen LogP contribution in [0.25, 0.3) is 0 Å². The Morgan fingerprint density at radius 3 is 1.82 bits per heavy atom. The van der Waals surface area contributed by atoms with Crippen molar-refractivity contribution >= 4 is 0 Å². The number of hydrogen-bond donors (Lipinski definition) is 0. The summed E-state index contributed by atoms with van der Waals surface area (Å²) in [7, 11) is 0. The van der Waals surface area contributed by atoms with Crippen LogP contribution < -0.4 is 0 Å². The lowest BCUT2D eigenvalue weighted by Gasteiger charge is -2.29. The molecule has 0 atom stereocenters. The van der Waals surface area contributed by atoms with Crippen LogP contribution in [0.3, 0.4) is 0 Å². The van der Waals surface area contributed by atoms with Crippen LogP contribution in [0.2, 0.25) is 0 Å². The van der Waals surface area contributed by atoms with Gasteiger partial charge in [-0.25, -0.2) is 0 Å². The van der Waals surface area contributed by atoms with Crippen LogP contribution in [-0.2, 0) is 0 Å². The van der Waals surface area contributed by atoms with Gasteiger partial charge in [0.05, 0.1) is 0 Å². The van der Waals surface area contributed by atoms with Crippen molar-refractivity contribution in [3.63, 3.8) is 0 Å². The van der Waals surface area contributed by atoms with E-state index >= 15 is 0 Å². The molecule has 2 rings (SSSR count). The second-order valence-corrected chi connectivity index (χ2v) is 6.49. The summed E-state index contributed by atoms with van der Waals surface area (Å²) in [6, 6.07) is 0. The van der Waals surface area contributed by atoms with Crippen molar-refractivity contribution in [2.75, 3.05) is 0 Å². The Morgan fingerprint density at radius 2 is 1.24 bits per heavy atom. The van der Waals surface area contributed by atoms with E-state index in [-0.39, 0.29) is 0 Å². The summed E-state index contributed by atoms with van der Waals surface area (Å²) in [5, 5.41) is 0. The lowest BCUT2D eigenvalue weighted by Crippen LogP contribution is -2.16. The Bertz CT molecular complexity index is 204. The molecular weight excluding hydrogens is 204 g/mol. The summed E-state index contributed by atoms with van der Waals surface area (Å²) < 4.78 is 0. The highest BCUT2D eigenvalue weighted by Crippen LogP contribution is 2.36. The van der Waals surface area contributed by atoms with Crippen LogP contribution >= 0.6 is 0 Å². The van der Waals surface area contributed by atoms with Gasteiger partial charge in [0.15, 0.2) is 0 Å². The molecule has 0 aromatic heterocycles. The van der Waals surface area contributed by atoms with Crippen molar-refractivity contribution in [2.24, 2.45) is 17.8 Å². The van der Waals surface area contributed by atoms with Crippen molar-refractivity contribution in [2.45, 2.75) is 77.0 Å². The molecule has 0 bridgehead atoms. The van der Waals surface area contributed by atoms with E-state index < -0.39 is 0 Å². The van der Waals surface area contributed by atoms with E-state index in [0.717, 1.165) is 17.8 Å². The summed E-state index contributed by atoms with van der Waals surface area (Å²) in [5.41, 5.74) is 0. The highest BCUT2D eigenvalue weighted by Gasteiger charge is 2.21. The van der Waals surface area contributed by atoms with E-state index in [1.807, 2.05) is 0 Å². The third kappa shape index (κ3) is 4.48. The van der Waals surface area contributed by atoms with E-state index in [9.17, 15) is 0 Å². The van der Waals surface area contributed by atoms with Crippen LogP contribution in [0.5, 0.6) is 0 Å². The van der Waals surface area contributed by atoms with Gasteiger partial charge in [0.2, 0.25) is 0 Å². The number of allylic oxidation sites excluding steroid dienone is 1. The van der Waals surface area contributed by atoms with Gasteiger partial charge in [-0.2, -0.15) is 0 Å². The first-order valence-electron chi connectivity index (χ1n) is 7.99. The van der Waals surface area contributed by atoms with Crippen molar-refractivity contribution in [3.05, 3.63) is 12.7 Å². The Hall–Kier alpha value is -0.260. The lowest BCUT2D eigenvalue weighted by molar-refractivity contribution is 0.236. The van der Waals surface area contributed by atoms with Crippen LogP contribution in [0.15, 0.2) is 12.7 Å². The zero-order chi connectivity index (χ0) is 11.9. The molecule has 0 saturated heterocycles. The molecule has 98 valence electrons. The molecule has 0 N–H and O–H groups in total. The van der Waals surface area contributed by atoms with Gasteiger partial charge in [-0.05, 0) is 37.0 Å². The average Bonchev–Trinajstić information content (AvgIpc) is 2.40. The third-order valence-electron chi connectivity index (χ3n) is 5.17. The van der Waals surface area contributed by atoms with E-state index in [2.05, 4.69) is 12.7 Å². The topological polar surface area (TPSA) is 0 Å². The lowest BCUT2D eigenvalue weighted by atomic mass is 9.76. The maximum Gasteiger partial charge on any atom is -0.0325 e. The summed E-state index contributed by atoms with van der Waals surface area (Å²) in [4.78, 5) is 0. The SMILES string of the molecule is C=CCC1CCC(CCC2CCCCC2)CC1. The minimum Gasteiger partial charge on any atom is -0.103 e. The van der Waals surface area contributed by atoms with Gasteiger partial charge < -0.3 is 0 Å². The van der Waals surface area contributed by atoms with Gasteiger partial charge in [0.25, 0.3) is 0 Å².